The third-order valence-corrected chi connectivity index (χ3v) is 4.78. The van der Waals surface area contributed by atoms with E-state index < -0.39 is 10.9 Å². The molecule has 3 unspecified atom stereocenters. The molecule has 0 aromatic rings. The Bertz CT molecular complexity index is 374. The molecule has 0 N–H and O–H groups in total. The summed E-state index contributed by atoms with van der Waals surface area (Å²) in [6.45, 7) is 5.98. The number of amides is 2. The molecule has 0 aromatic carbocycles. The molecule has 6 heteroatoms. The highest BCUT2D eigenvalue weighted by Crippen LogP contribution is 2.27. The molecule has 20 heavy (non-hydrogen) atoms. The lowest BCUT2D eigenvalue weighted by atomic mass is 9.93. The molecule has 0 radical (unpaired) electrons. The maximum atomic E-state index is 12.5. The predicted molar refractivity (Wildman–Crippen MR) is 81.8 cm³/mol. The summed E-state index contributed by atoms with van der Waals surface area (Å²) >= 11 is 11.7. The van der Waals surface area contributed by atoms with E-state index in [0.717, 1.165) is 0 Å². The molecule has 116 valence electrons. The van der Waals surface area contributed by atoms with Gasteiger partial charge in [0.1, 0.15) is 16.9 Å². The zero-order valence-corrected chi connectivity index (χ0v) is 14.3. The molecule has 1 fully saturated rings. The zero-order valence-electron chi connectivity index (χ0n) is 12.8. The topological polar surface area (TPSA) is 40.6 Å². The van der Waals surface area contributed by atoms with Crippen molar-refractivity contribution in [2.75, 3.05) is 14.1 Å². The molecule has 4 nitrogen and oxygen atoms in total. The molecular weight excluding hydrogens is 299 g/mol. The highest BCUT2D eigenvalue weighted by atomic mass is 35.5. The molecule has 1 heterocycles. The van der Waals surface area contributed by atoms with Gasteiger partial charge in [0.05, 0.1) is 0 Å². The van der Waals surface area contributed by atoms with Crippen LogP contribution >= 0.6 is 23.2 Å². The fraction of sp³-hybridized carbons (Fsp3) is 0.857. The van der Waals surface area contributed by atoms with Gasteiger partial charge in [-0.1, -0.05) is 20.8 Å². The first kappa shape index (κ1) is 17.6. The molecule has 2 amide bonds. The Kier molecular flexibility index (Phi) is 6.14. The molecule has 1 aliphatic heterocycles. The average molecular weight is 323 g/mol. The Hall–Kier alpha value is -0.480. The number of halogens is 2. The van der Waals surface area contributed by atoms with E-state index in [4.69, 9.17) is 23.2 Å². The number of hydrogen-bond acceptors (Lipinski definition) is 2. The minimum Gasteiger partial charge on any atom is -0.332 e. The smallest absolute Gasteiger partial charge is 0.245 e. The molecule has 0 bridgehead atoms. The second-order valence-corrected chi connectivity index (χ2v) is 7.27. The molecule has 1 aliphatic rings. The van der Waals surface area contributed by atoms with Gasteiger partial charge in [0.2, 0.25) is 11.8 Å². The third kappa shape index (κ3) is 3.79. The summed E-state index contributed by atoms with van der Waals surface area (Å²) in [5, 5.41) is 0. The summed E-state index contributed by atoms with van der Waals surface area (Å²) in [4.78, 5) is 27.5. The van der Waals surface area contributed by atoms with Crippen LogP contribution in [-0.2, 0) is 9.59 Å². The first-order valence-corrected chi connectivity index (χ1v) is 7.85. The Morgan fingerprint density at radius 1 is 0.950 bits per heavy atom. The Morgan fingerprint density at radius 2 is 1.35 bits per heavy atom. The van der Waals surface area contributed by atoms with E-state index in [1.54, 1.807) is 23.9 Å². The van der Waals surface area contributed by atoms with Gasteiger partial charge in [-0.2, -0.15) is 0 Å². The van der Waals surface area contributed by atoms with Crippen molar-refractivity contribution in [2.24, 2.45) is 11.8 Å². The molecule has 0 aliphatic carbocycles. The number of carbonyl (C=O) groups is 2. The molecule has 0 saturated carbocycles. The first-order valence-electron chi connectivity index (χ1n) is 6.98. The lowest BCUT2D eigenvalue weighted by Gasteiger charge is -2.43. The van der Waals surface area contributed by atoms with Gasteiger partial charge in [0, 0.05) is 14.1 Å². The normalized spacial score (nSPS) is 25.9. The molecule has 3 atom stereocenters. The van der Waals surface area contributed by atoms with Crippen LogP contribution in [0.3, 0.4) is 0 Å². The first-order chi connectivity index (χ1) is 9.16. The van der Waals surface area contributed by atoms with E-state index in [9.17, 15) is 9.59 Å². The minimum absolute atomic E-state index is 0.00121. The summed E-state index contributed by atoms with van der Waals surface area (Å²) in [7, 11) is 3.40. The van der Waals surface area contributed by atoms with Gasteiger partial charge in [-0.3, -0.25) is 9.59 Å². The van der Waals surface area contributed by atoms with Gasteiger partial charge in [-0.25, -0.2) is 0 Å². The summed E-state index contributed by atoms with van der Waals surface area (Å²) in [6, 6.07) is -0.826. The Morgan fingerprint density at radius 3 is 1.70 bits per heavy atom. The predicted octanol–water partition coefficient (Wildman–Crippen LogP) is 2.53. The molecule has 1 rings (SSSR count). The standard InChI is InChI=1S/C14H24Cl2N2O2/c1-8(2)6-10-13(19)18(5)11(14(20)17(10)4)7-9(3)12(15)16/h8-12H,6-7H2,1-5H3. The zero-order chi connectivity index (χ0) is 15.6. The lowest BCUT2D eigenvalue weighted by molar-refractivity contribution is -0.159. The van der Waals surface area contributed by atoms with Crippen molar-refractivity contribution < 1.29 is 9.59 Å². The van der Waals surface area contributed by atoms with Crippen LogP contribution in [0.5, 0.6) is 0 Å². The second-order valence-electron chi connectivity index (χ2n) is 6.11. The van der Waals surface area contributed by atoms with Gasteiger partial charge in [0.15, 0.2) is 0 Å². The largest absolute Gasteiger partial charge is 0.332 e. The number of piperazine rings is 1. The Labute approximate surface area is 131 Å². The van der Waals surface area contributed by atoms with Crippen molar-refractivity contribution in [2.45, 2.75) is 50.5 Å². The number of nitrogens with zero attached hydrogens (tertiary/aromatic N) is 2. The van der Waals surface area contributed by atoms with Crippen LogP contribution in [0.2, 0.25) is 0 Å². The summed E-state index contributed by atoms with van der Waals surface area (Å²) in [5.74, 6) is 0.285. The van der Waals surface area contributed by atoms with Crippen molar-refractivity contribution in [3.63, 3.8) is 0 Å². The van der Waals surface area contributed by atoms with E-state index >= 15 is 0 Å². The van der Waals surface area contributed by atoms with E-state index in [2.05, 4.69) is 0 Å². The molecule has 0 aromatic heterocycles. The number of rotatable bonds is 5. The average Bonchev–Trinajstić information content (AvgIpc) is 2.36. The van der Waals surface area contributed by atoms with E-state index in [-0.39, 0.29) is 23.8 Å². The van der Waals surface area contributed by atoms with Gasteiger partial charge in [-0.05, 0) is 24.7 Å². The van der Waals surface area contributed by atoms with Crippen molar-refractivity contribution in [3.8, 4) is 0 Å². The molecule has 1 saturated heterocycles. The monoisotopic (exact) mass is 322 g/mol. The van der Waals surface area contributed by atoms with Crippen LogP contribution < -0.4 is 0 Å². The van der Waals surface area contributed by atoms with Crippen LogP contribution in [0.4, 0.5) is 0 Å². The van der Waals surface area contributed by atoms with Crippen LogP contribution in [0.25, 0.3) is 0 Å². The van der Waals surface area contributed by atoms with Crippen LogP contribution in [0, 0.1) is 11.8 Å². The van der Waals surface area contributed by atoms with Crippen molar-refractivity contribution in [1.82, 2.24) is 9.80 Å². The third-order valence-electron chi connectivity index (χ3n) is 3.92. The fourth-order valence-electron chi connectivity index (χ4n) is 2.53. The summed E-state index contributed by atoms with van der Waals surface area (Å²) in [5.41, 5.74) is 0. The lowest BCUT2D eigenvalue weighted by Crippen LogP contribution is -2.62. The molecular formula is C14H24Cl2N2O2. The van der Waals surface area contributed by atoms with E-state index in [0.29, 0.717) is 18.8 Å². The van der Waals surface area contributed by atoms with Crippen LogP contribution in [0.15, 0.2) is 0 Å². The SMILES string of the molecule is CC(C)CC1C(=O)N(C)C(CC(C)C(Cl)Cl)C(=O)N1C. The summed E-state index contributed by atoms with van der Waals surface area (Å²) < 4.78 is 0. The quantitative estimate of drug-likeness (QED) is 0.730. The maximum Gasteiger partial charge on any atom is 0.245 e. The van der Waals surface area contributed by atoms with Gasteiger partial charge in [-0.15, -0.1) is 23.2 Å². The van der Waals surface area contributed by atoms with Crippen LogP contribution in [-0.4, -0.2) is 52.6 Å². The van der Waals surface area contributed by atoms with Gasteiger partial charge < -0.3 is 9.80 Å². The Balaban J connectivity index is 2.87. The van der Waals surface area contributed by atoms with Gasteiger partial charge >= 0.3 is 0 Å². The highest BCUT2D eigenvalue weighted by Gasteiger charge is 2.43. The molecule has 0 spiro atoms. The number of hydrogen-bond donors (Lipinski definition) is 0. The fourth-order valence-corrected chi connectivity index (χ4v) is 2.73. The number of carbonyl (C=O) groups excluding carboxylic acids is 2. The number of alkyl halides is 2. The number of likely N-dealkylation sites (N-methyl/N-ethyl adjacent to an activating group) is 2. The van der Waals surface area contributed by atoms with Crippen molar-refractivity contribution >= 4 is 35.0 Å². The van der Waals surface area contributed by atoms with Gasteiger partial charge in [0.25, 0.3) is 0 Å². The summed E-state index contributed by atoms with van der Waals surface area (Å²) in [6.07, 6.45) is 1.17. The maximum absolute atomic E-state index is 12.5. The minimum atomic E-state index is -0.537. The highest BCUT2D eigenvalue weighted by molar-refractivity contribution is 6.44. The van der Waals surface area contributed by atoms with Crippen molar-refractivity contribution in [3.05, 3.63) is 0 Å². The van der Waals surface area contributed by atoms with E-state index in [1.807, 2.05) is 20.8 Å². The van der Waals surface area contributed by atoms with Crippen LogP contribution in [0.1, 0.15) is 33.6 Å². The van der Waals surface area contributed by atoms with E-state index in [1.165, 1.54) is 0 Å². The second kappa shape index (κ2) is 6.99. The van der Waals surface area contributed by atoms with Crippen molar-refractivity contribution in [1.29, 1.82) is 0 Å².